The van der Waals surface area contributed by atoms with Crippen molar-refractivity contribution in [3.63, 3.8) is 0 Å². The Balaban J connectivity index is 2.11. The SMILES string of the molecule is Cc1cccc(C)c1-n1c(-c2ccccc2)nc(C(F)(F)F)c1S(=O)(=O)Cc1ccccc1. The number of hydrogen-bond acceptors (Lipinski definition) is 3. The molecule has 0 radical (unpaired) electrons. The minimum atomic E-state index is -4.97. The monoisotopic (exact) mass is 470 g/mol. The molecule has 170 valence electrons. The number of rotatable bonds is 5. The lowest BCUT2D eigenvalue weighted by Gasteiger charge is -2.18. The first kappa shape index (κ1) is 22.8. The molecule has 0 fully saturated rings. The number of hydrogen-bond donors (Lipinski definition) is 0. The van der Waals surface area contributed by atoms with Gasteiger partial charge in [0.05, 0.1) is 11.4 Å². The van der Waals surface area contributed by atoms with Gasteiger partial charge in [-0.1, -0.05) is 78.9 Å². The molecule has 0 atom stereocenters. The van der Waals surface area contributed by atoms with Crippen molar-refractivity contribution in [2.24, 2.45) is 0 Å². The molecule has 3 aromatic carbocycles. The standard InChI is InChI=1S/C25H21F3N2O2S/c1-17-10-9-11-18(2)21(17)30-23(20-14-7-4-8-15-20)29-22(25(26,27)28)24(30)33(31,32)16-19-12-5-3-6-13-19/h3-15H,16H2,1-2H3. The number of alkyl halides is 3. The zero-order valence-corrected chi connectivity index (χ0v) is 18.8. The highest BCUT2D eigenvalue weighted by atomic mass is 32.2. The highest BCUT2D eigenvalue weighted by Crippen LogP contribution is 2.40. The van der Waals surface area contributed by atoms with Crippen LogP contribution in [0.3, 0.4) is 0 Å². The normalized spacial score (nSPS) is 12.2. The second-order valence-corrected chi connectivity index (χ2v) is 9.68. The van der Waals surface area contributed by atoms with Crippen LogP contribution in [0, 0.1) is 13.8 Å². The Labute approximate surface area is 190 Å². The van der Waals surface area contributed by atoms with E-state index in [1.165, 1.54) is 0 Å². The first-order chi connectivity index (χ1) is 15.6. The lowest BCUT2D eigenvalue weighted by molar-refractivity contribution is -0.143. The van der Waals surface area contributed by atoms with E-state index >= 15 is 0 Å². The topological polar surface area (TPSA) is 52.0 Å². The van der Waals surface area contributed by atoms with Gasteiger partial charge in [-0.15, -0.1) is 0 Å². The number of para-hydroxylation sites is 1. The Morgan fingerprint density at radius 2 is 1.36 bits per heavy atom. The van der Waals surface area contributed by atoms with E-state index in [0.29, 0.717) is 27.9 Å². The summed E-state index contributed by atoms with van der Waals surface area (Å²) < 4.78 is 70.9. The molecule has 0 bridgehead atoms. The Morgan fingerprint density at radius 1 is 0.818 bits per heavy atom. The average Bonchev–Trinajstić information content (AvgIpc) is 3.17. The fourth-order valence-electron chi connectivity index (χ4n) is 3.89. The van der Waals surface area contributed by atoms with Gasteiger partial charge in [-0.25, -0.2) is 13.4 Å². The molecular weight excluding hydrogens is 449 g/mol. The van der Waals surface area contributed by atoms with Crippen LogP contribution in [0.5, 0.6) is 0 Å². The minimum absolute atomic E-state index is 0.0769. The van der Waals surface area contributed by atoms with Gasteiger partial charge in [-0.3, -0.25) is 4.57 Å². The Hall–Kier alpha value is -3.39. The quantitative estimate of drug-likeness (QED) is 0.352. The number of nitrogens with zero attached hydrogens (tertiary/aromatic N) is 2. The van der Waals surface area contributed by atoms with Crippen molar-refractivity contribution in [3.05, 3.63) is 101 Å². The molecule has 0 aliphatic carbocycles. The molecule has 4 aromatic rings. The molecule has 4 rings (SSSR count). The van der Waals surface area contributed by atoms with Crippen molar-refractivity contribution < 1.29 is 21.6 Å². The van der Waals surface area contributed by atoms with Crippen LogP contribution in [-0.2, 0) is 21.8 Å². The molecule has 0 unspecified atom stereocenters. The average molecular weight is 471 g/mol. The van der Waals surface area contributed by atoms with Crippen LogP contribution in [0.25, 0.3) is 17.1 Å². The van der Waals surface area contributed by atoms with E-state index in [-0.39, 0.29) is 5.82 Å². The van der Waals surface area contributed by atoms with Gasteiger partial charge >= 0.3 is 6.18 Å². The summed E-state index contributed by atoms with van der Waals surface area (Å²) in [6.07, 6.45) is -4.97. The van der Waals surface area contributed by atoms with Crippen LogP contribution in [0.2, 0.25) is 0 Å². The third kappa shape index (κ3) is 4.43. The Bertz CT molecular complexity index is 1370. The van der Waals surface area contributed by atoms with E-state index in [0.717, 1.165) is 4.57 Å². The largest absolute Gasteiger partial charge is 0.436 e. The first-order valence-corrected chi connectivity index (χ1v) is 11.8. The molecule has 8 heteroatoms. The molecular formula is C25H21F3N2O2S. The summed E-state index contributed by atoms with van der Waals surface area (Å²) in [7, 11) is -4.45. The molecule has 33 heavy (non-hydrogen) atoms. The third-order valence-electron chi connectivity index (χ3n) is 5.29. The fourth-order valence-corrected chi connectivity index (χ4v) is 5.57. The lowest BCUT2D eigenvalue weighted by Crippen LogP contribution is -2.18. The minimum Gasteiger partial charge on any atom is -0.282 e. The van der Waals surface area contributed by atoms with E-state index in [1.807, 2.05) is 0 Å². The summed E-state index contributed by atoms with van der Waals surface area (Å²) in [4.78, 5) is 3.88. The van der Waals surface area contributed by atoms with Gasteiger partial charge < -0.3 is 0 Å². The Morgan fingerprint density at radius 3 is 1.91 bits per heavy atom. The molecule has 0 aliphatic rings. The van der Waals surface area contributed by atoms with E-state index < -0.39 is 32.5 Å². The van der Waals surface area contributed by atoms with Crippen molar-refractivity contribution in [1.82, 2.24) is 9.55 Å². The maximum atomic E-state index is 14.2. The van der Waals surface area contributed by atoms with Crippen LogP contribution >= 0.6 is 0 Å². The van der Waals surface area contributed by atoms with Crippen molar-refractivity contribution in [1.29, 1.82) is 0 Å². The summed E-state index contributed by atoms with van der Waals surface area (Å²) in [5.41, 5.74) is 0.989. The number of aryl methyl sites for hydroxylation is 2. The highest BCUT2D eigenvalue weighted by Gasteiger charge is 2.44. The fraction of sp³-hybridized carbons (Fsp3) is 0.160. The number of aromatic nitrogens is 2. The zero-order chi connectivity index (χ0) is 23.8. The lowest BCUT2D eigenvalue weighted by atomic mass is 10.1. The van der Waals surface area contributed by atoms with Gasteiger partial charge in [0, 0.05) is 5.56 Å². The number of imidazole rings is 1. The van der Waals surface area contributed by atoms with Crippen molar-refractivity contribution in [3.8, 4) is 17.1 Å². The smallest absolute Gasteiger partial charge is 0.282 e. The van der Waals surface area contributed by atoms with Crippen LogP contribution in [0.1, 0.15) is 22.4 Å². The number of halogens is 3. The first-order valence-electron chi connectivity index (χ1n) is 10.2. The maximum absolute atomic E-state index is 14.2. The molecule has 0 saturated carbocycles. The molecule has 0 spiro atoms. The van der Waals surface area contributed by atoms with Crippen molar-refractivity contribution >= 4 is 9.84 Å². The molecule has 0 saturated heterocycles. The second-order valence-electron chi connectivity index (χ2n) is 7.77. The van der Waals surface area contributed by atoms with Gasteiger partial charge in [0.2, 0.25) is 9.84 Å². The van der Waals surface area contributed by atoms with E-state index in [9.17, 15) is 21.6 Å². The van der Waals surface area contributed by atoms with Gasteiger partial charge in [0.15, 0.2) is 10.7 Å². The molecule has 0 N–H and O–H groups in total. The van der Waals surface area contributed by atoms with E-state index in [1.54, 1.807) is 92.7 Å². The second kappa shape index (κ2) is 8.51. The van der Waals surface area contributed by atoms with Gasteiger partial charge in [-0.2, -0.15) is 13.2 Å². The molecule has 1 heterocycles. The van der Waals surface area contributed by atoms with Crippen LogP contribution in [0.4, 0.5) is 13.2 Å². The van der Waals surface area contributed by atoms with Gasteiger partial charge in [-0.05, 0) is 30.5 Å². The predicted molar refractivity (Wildman–Crippen MR) is 121 cm³/mol. The van der Waals surface area contributed by atoms with Crippen molar-refractivity contribution in [2.75, 3.05) is 0 Å². The maximum Gasteiger partial charge on any atom is 0.436 e. The predicted octanol–water partition coefficient (Wildman–Crippen LogP) is 6.15. The molecule has 4 nitrogen and oxygen atoms in total. The highest BCUT2D eigenvalue weighted by molar-refractivity contribution is 7.90. The summed E-state index contributed by atoms with van der Waals surface area (Å²) in [5.74, 6) is -0.658. The number of benzene rings is 3. The Kier molecular flexibility index (Phi) is 5.88. The van der Waals surface area contributed by atoms with Gasteiger partial charge in [0.1, 0.15) is 5.82 Å². The third-order valence-corrected chi connectivity index (χ3v) is 6.97. The zero-order valence-electron chi connectivity index (χ0n) is 18.0. The van der Waals surface area contributed by atoms with E-state index in [2.05, 4.69) is 4.98 Å². The van der Waals surface area contributed by atoms with Crippen molar-refractivity contribution in [2.45, 2.75) is 30.8 Å². The summed E-state index contributed by atoms with van der Waals surface area (Å²) in [6.45, 7) is 3.47. The summed E-state index contributed by atoms with van der Waals surface area (Å²) in [5, 5.41) is -0.852. The van der Waals surface area contributed by atoms with Gasteiger partial charge in [0.25, 0.3) is 0 Å². The molecule has 1 aromatic heterocycles. The van der Waals surface area contributed by atoms with Crippen LogP contribution in [-0.4, -0.2) is 18.0 Å². The summed E-state index contributed by atoms with van der Waals surface area (Å²) in [6, 6.07) is 21.7. The number of sulfone groups is 1. The van der Waals surface area contributed by atoms with E-state index in [4.69, 9.17) is 0 Å². The molecule has 0 aliphatic heterocycles. The summed E-state index contributed by atoms with van der Waals surface area (Å²) >= 11 is 0. The molecule has 0 amide bonds. The van der Waals surface area contributed by atoms with Crippen LogP contribution in [0.15, 0.2) is 83.9 Å². The van der Waals surface area contributed by atoms with Crippen LogP contribution < -0.4 is 0 Å².